The van der Waals surface area contributed by atoms with Crippen molar-refractivity contribution < 1.29 is 33.4 Å². The van der Waals surface area contributed by atoms with Crippen molar-refractivity contribution in [2.75, 3.05) is 19.7 Å². The fourth-order valence-electron chi connectivity index (χ4n) is 4.30. The number of ether oxygens (including phenoxy) is 2. The molecule has 2 atom stereocenters. The molecule has 0 spiro atoms. The van der Waals surface area contributed by atoms with Crippen LogP contribution in [0, 0.1) is 0 Å². The van der Waals surface area contributed by atoms with E-state index in [-0.39, 0.29) is 42.5 Å². The normalized spacial score (nSPS) is 17.2. The minimum Gasteiger partial charge on any atom is -0.493 e. The second-order valence-electron chi connectivity index (χ2n) is 13.8. The molecular weight excluding hydrogens is 578 g/mol. The lowest BCUT2D eigenvalue weighted by Crippen LogP contribution is -2.47. The monoisotopic (exact) mass is 627 g/mol. The van der Waals surface area contributed by atoms with E-state index in [4.69, 9.17) is 13.9 Å². The van der Waals surface area contributed by atoms with Crippen molar-refractivity contribution in [1.82, 2.24) is 15.5 Å². The van der Waals surface area contributed by atoms with Crippen molar-refractivity contribution in [1.29, 1.82) is 0 Å². The van der Waals surface area contributed by atoms with Crippen LogP contribution in [0.1, 0.15) is 69.4 Å². The number of nitrogens with zero attached hydrogens (tertiary/aromatic N) is 1. The van der Waals surface area contributed by atoms with Gasteiger partial charge < -0.3 is 34.5 Å². The second-order valence-corrected chi connectivity index (χ2v) is 18.5. The van der Waals surface area contributed by atoms with Crippen LogP contribution in [-0.2, 0) is 27.0 Å². The number of hydrogen-bond donors (Lipinski definition) is 3. The molecule has 1 fully saturated rings. The van der Waals surface area contributed by atoms with Gasteiger partial charge in [0.05, 0.1) is 25.2 Å². The molecule has 0 saturated carbocycles. The maximum atomic E-state index is 12.8. The third-order valence-corrected chi connectivity index (χ3v) is 12.4. The van der Waals surface area contributed by atoms with E-state index in [9.17, 15) is 19.5 Å². The zero-order chi connectivity index (χ0) is 32.7. The van der Waals surface area contributed by atoms with E-state index in [1.165, 1.54) is 0 Å². The van der Waals surface area contributed by atoms with Gasteiger partial charge in [0.2, 0.25) is 5.91 Å². The fraction of sp³-hybridized carbons (Fsp3) is 0.545. The SMILES string of the molecule is CC(C)(C)OC(=O)NCc1ccc(C(=O)NCc2ccc(OCCC(=O)N3CC(O)C(O[Si](C)(C)C(C)(C)C)C3)cc2)cc1. The molecule has 3 N–H and O–H groups in total. The lowest BCUT2D eigenvalue weighted by Gasteiger charge is -2.38. The lowest BCUT2D eigenvalue weighted by atomic mass is 10.1. The Morgan fingerprint density at radius 1 is 0.886 bits per heavy atom. The molecule has 0 aromatic heterocycles. The number of aliphatic hydroxyl groups excluding tert-OH is 1. The summed E-state index contributed by atoms with van der Waals surface area (Å²) in [6.45, 7) is 17.7. The number of rotatable bonds is 11. The van der Waals surface area contributed by atoms with Crippen molar-refractivity contribution in [3.63, 3.8) is 0 Å². The average molecular weight is 628 g/mol. The van der Waals surface area contributed by atoms with Crippen molar-refractivity contribution in [2.45, 2.75) is 97.0 Å². The molecular formula is C33H49N3O7Si. The Labute approximate surface area is 262 Å². The van der Waals surface area contributed by atoms with Crippen LogP contribution < -0.4 is 15.4 Å². The summed E-state index contributed by atoms with van der Waals surface area (Å²) in [4.78, 5) is 38.8. The van der Waals surface area contributed by atoms with Gasteiger partial charge in [-0.05, 0) is 74.3 Å². The van der Waals surface area contributed by atoms with Crippen LogP contribution in [-0.4, -0.2) is 73.7 Å². The number of likely N-dealkylation sites (tertiary alicyclic amines) is 1. The number of aliphatic hydroxyl groups is 1. The van der Waals surface area contributed by atoms with E-state index in [0.717, 1.165) is 11.1 Å². The molecule has 3 amide bonds. The largest absolute Gasteiger partial charge is 0.493 e. The fourth-order valence-corrected chi connectivity index (χ4v) is 5.64. The summed E-state index contributed by atoms with van der Waals surface area (Å²) in [5, 5.41) is 16.1. The molecule has 2 aromatic rings. The van der Waals surface area contributed by atoms with Crippen LogP contribution in [0.25, 0.3) is 0 Å². The number of benzene rings is 2. The molecule has 0 bridgehead atoms. The van der Waals surface area contributed by atoms with Gasteiger partial charge in [0.15, 0.2) is 8.32 Å². The van der Waals surface area contributed by atoms with Crippen LogP contribution in [0.3, 0.4) is 0 Å². The first-order chi connectivity index (χ1) is 20.4. The third-order valence-electron chi connectivity index (χ3n) is 7.85. The smallest absolute Gasteiger partial charge is 0.407 e. The summed E-state index contributed by atoms with van der Waals surface area (Å²) in [5.74, 6) is 0.348. The van der Waals surface area contributed by atoms with Gasteiger partial charge >= 0.3 is 6.09 Å². The summed E-state index contributed by atoms with van der Waals surface area (Å²) in [6.07, 6.45) is -1.34. The van der Waals surface area contributed by atoms with Crippen molar-refractivity contribution in [3.05, 3.63) is 65.2 Å². The zero-order valence-electron chi connectivity index (χ0n) is 27.4. The Bertz CT molecular complexity index is 1270. The Morgan fingerprint density at radius 2 is 1.45 bits per heavy atom. The average Bonchev–Trinajstić information content (AvgIpc) is 3.29. The minimum atomic E-state index is -2.06. The highest BCUT2D eigenvalue weighted by Gasteiger charge is 2.43. The predicted octanol–water partition coefficient (Wildman–Crippen LogP) is 5.00. The van der Waals surface area contributed by atoms with Crippen LogP contribution in [0.15, 0.2) is 48.5 Å². The summed E-state index contributed by atoms with van der Waals surface area (Å²) in [7, 11) is -2.06. The number of carbonyl (C=O) groups is 3. The minimum absolute atomic E-state index is 0.0239. The topological polar surface area (TPSA) is 126 Å². The molecule has 3 rings (SSSR count). The Balaban J connectivity index is 1.38. The Morgan fingerprint density at radius 3 is 2.02 bits per heavy atom. The number of amides is 3. The second kappa shape index (κ2) is 14.6. The van der Waals surface area contributed by atoms with Gasteiger partial charge in [0.1, 0.15) is 11.4 Å². The molecule has 2 aromatic carbocycles. The molecule has 1 aliphatic heterocycles. The quantitative estimate of drug-likeness (QED) is 0.299. The van der Waals surface area contributed by atoms with E-state index in [1.807, 2.05) is 12.1 Å². The molecule has 1 saturated heterocycles. The van der Waals surface area contributed by atoms with Gasteiger partial charge in [-0.2, -0.15) is 0 Å². The van der Waals surface area contributed by atoms with Gasteiger partial charge in [-0.15, -0.1) is 0 Å². The number of nitrogens with one attached hydrogen (secondary N) is 2. The predicted molar refractivity (Wildman–Crippen MR) is 172 cm³/mol. The van der Waals surface area contributed by atoms with Gasteiger partial charge in [-0.25, -0.2) is 4.79 Å². The summed E-state index contributed by atoms with van der Waals surface area (Å²) in [6, 6.07) is 14.3. The number of β-amino-alcohol motifs (C(OH)–C–C–N with tert-alkyl or cyclic N) is 1. The highest BCUT2D eigenvalue weighted by atomic mass is 28.4. The Hall–Kier alpha value is -3.41. The maximum Gasteiger partial charge on any atom is 0.407 e. The number of carbonyl (C=O) groups excluding carboxylic acids is 3. The number of alkyl carbamates (subject to hydrolysis) is 1. The van der Waals surface area contributed by atoms with Crippen LogP contribution >= 0.6 is 0 Å². The van der Waals surface area contributed by atoms with Gasteiger partial charge in [0, 0.05) is 31.7 Å². The highest BCUT2D eigenvalue weighted by molar-refractivity contribution is 6.74. The Kier molecular flexibility index (Phi) is 11.6. The summed E-state index contributed by atoms with van der Waals surface area (Å²) >= 11 is 0. The summed E-state index contributed by atoms with van der Waals surface area (Å²) < 4.78 is 17.4. The molecule has 1 heterocycles. The van der Waals surface area contributed by atoms with E-state index in [0.29, 0.717) is 30.9 Å². The highest BCUT2D eigenvalue weighted by Crippen LogP contribution is 2.38. The van der Waals surface area contributed by atoms with Crippen molar-refractivity contribution >= 4 is 26.2 Å². The first-order valence-corrected chi connectivity index (χ1v) is 18.0. The molecule has 10 nitrogen and oxygen atoms in total. The summed E-state index contributed by atoms with van der Waals surface area (Å²) in [5.41, 5.74) is 1.70. The van der Waals surface area contributed by atoms with Crippen LogP contribution in [0.4, 0.5) is 4.79 Å². The van der Waals surface area contributed by atoms with E-state index in [2.05, 4.69) is 44.5 Å². The zero-order valence-corrected chi connectivity index (χ0v) is 28.4. The molecule has 44 heavy (non-hydrogen) atoms. The molecule has 11 heteroatoms. The van der Waals surface area contributed by atoms with Gasteiger partial charge in [0.25, 0.3) is 5.91 Å². The molecule has 2 unspecified atom stereocenters. The van der Waals surface area contributed by atoms with Crippen molar-refractivity contribution in [2.24, 2.45) is 0 Å². The first kappa shape index (κ1) is 35.1. The van der Waals surface area contributed by atoms with Crippen molar-refractivity contribution in [3.8, 4) is 5.75 Å². The lowest BCUT2D eigenvalue weighted by molar-refractivity contribution is -0.131. The maximum absolute atomic E-state index is 12.8. The van der Waals surface area contributed by atoms with Gasteiger partial charge in [-0.3, -0.25) is 9.59 Å². The van der Waals surface area contributed by atoms with E-state index in [1.54, 1.807) is 62.1 Å². The van der Waals surface area contributed by atoms with Crippen LogP contribution in [0.5, 0.6) is 5.75 Å². The molecule has 0 radical (unpaired) electrons. The number of hydrogen-bond acceptors (Lipinski definition) is 7. The molecule has 1 aliphatic rings. The standard InChI is InChI=1S/C33H49N3O7Si/c1-32(2,3)42-31(40)35-20-23-9-13-25(14-10-23)30(39)34-19-24-11-15-26(16-12-24)41-18-17-29(38)36-21-27(37)28(22-36)43-44(7,8)33(4,5)6/h9-16,27-28,37H,17-22H2,1-8H3,(H,34,39)(H,35,40). The first-order valence-electron chi connectivity index (χ1n) is 15.1. The van der Waals surface area contributed by atoms with E-state index < -0.39 is 26.1 Å². The van der Waals surface area contributed by atoms with Gasteiger partial charge in [-0.1, -0.05) is 45.0 Å². The van der Waals surface area contributed by atoms with Crippen LogP contribution in [0.2, 0.25) is 18.1 Å². The molecule has 0 aliphatic carbocycles. The third kappa shape index (κ3) is 10.6. The van der Waals surface area contributed by atoms with E-state index >= 15 is 0 Å². The molecule has 242 valence electrons.